The molecule has 26 heavy (non-hydrogen) atoms. The number of carbonyl (C=O) groups excluding carboxylic acids is 1. The number of nitrogens with zero attached hydrogens (tertiary/aromatic N) is 2. The summed E-state index contributed by atoms with van der Waals surface area (Å²) >= 11 is 0. The highest BCUT2D eigenvalue weighted by Gasteiger charge is 2.11. The van der Waals surface area contributed by atoms with Crippen LogP contribution in [-0.4, -0.2) is 29.8 Å². The second-order valence-electron chi connectivity index (χ2n) is 6.75. The Kier molecular flexibility index (Phi) is 5.81. The molecule has 0 atom stereocenters. The molecule has 0 fully saturated rings. The fraction of sp³-hybridized carbons (Fsp3) is 0.238. The van der Waals surface area contributed by atoms with Crippen LogP contribution >= 0.6 is 0 Å². The van der Waals surface area contributed by atoms with Crippen LogP contribution in [0.5, 0.6) is 0 Å². The lowest BCUT2D eigenvalue weighted by Gasteiger charge is -2.12. The maximum absolute atomic E-state index is 12.4. The van der Waals surface area contributed by atoms with Gasteiger partial charge in [0.1, 0.15) is 6.54 Å². The van der Waals surface area contributed by atoms with Crippen LogP contribution in [0.3, 0.4) is 0 Å². The number of aromatic nitrogens is 2. The van der Waals surface area contributed by atoms with Crippen LogP contribution in [0, 0.1) is 0 Å². The summed E-state index contributed by atoms with van der Waals surface area (Å²) in [7, 11) is 4.24. The molecule has 0 spiro atoms. The highest BCUT2D eigenvalue weighted by molar-refractivity contribution is 5.93. The number of amides is 1. The monoisotopic (exact) mass is 349 g/mol. The zero-order valence-electron chi connectivity index (χ0n) is 15.3. The lowest BCUT2D eigenvalue weighted by Crippen LogP contribution is -3.04. The summed E-state index contributed by atoms with van der Waals surface area (Å²) in [6.45, 7) is 2.11. The van der Waals surface area contributed by atoms with E-state index in [9.17, 15) is 4.79 Å². The Bertz CT molecular complexity index is 855. The first-order valence-electron chi connectivity index (χ1n) is 8.82. The Balaban J connectivity index is 1.61. The zero-order valence-corrected chi connectivity index (χ0v) is 15.3. The molecule has 5 heteroatoms. The van der Waals surface area contributed by atoms with Crippen LogP contribution in [0.15, 0.2) is 67.0 Å². The van der Waals surface area contributed by atoms with E-state index in [0.717, 1.165) is 17.7 Å². The van der Waals surface area contributed by atoms with E-state index >= 15 is 0 Å². The van der Waals surface area contributed by atoms with Gasteiger partial charge in [-0.1, -0.05) is 54.6 Å². The summed E-state index contributed by atoms with van der Waals surface area (Å²) in [6, 6.07) is 18.3. The predicted octanol–water partition coefficient (Wildman–Crippen LogP) is 1.51. The summed E-state index contributed by atoms with van der Waals surface area (Å²) in [4.78, 5) is 13.8. The second-order valence-corrected chi connectivity index (χ2v) is 6.75. The van der Waals surface area contributed by atoms with Crippen molar-refractivity contribution < 1.29 is 9.69 Å². The predicted molar refractivity (Wildman–Crippen MR) is 102 cm³/mol. The smallest absolute Gasteiger partial charge is 0.254 e. The summed E-state index contributed by atoms with van der Waals surface area (Å²) in [5.74, 6) is -0.101. The van der Waals surface area contributed by atoms with Crippen LogP contribution < -0.4 is 10.2 Å². The third kappa shape index (κ3) is 4.80. The molecule has 1 amide bonds. The van der Waals surface area contributed by atoms with E-state index in [1.807, 2.05) is 42.5 Å². The van der Waals surface area contributed by atoms with Crippen molar-refractivity contribution in [3.63, 3.8) is 0 Å². The second kappa shape index (κ2) is 8.45. The molecule has 0 saturated carbocycles. The maximum atomic E-state index is 12.4. The van der Waals surface area contributed by atoms with Crippen molar-refractivity contribution in [1.29, 1.82) is 0 Å². The maximum Gasteiger partial charge on any atom is 0.254 e. The lowest BCUT2D eigenvalue weighted by molar-refractivity contribution is -0.872. The van der Waals surface area contributed by atoms with Crippen LogP contribution in [-0.2, 0) is 19.6 Å². The molecular formula is C21H25N4O+. The van der Waals surface area contributed by atoms with Gasteiger partial charge in [-0.05, 0) is 11.1 Å². The summed E-state index contributed by atoms with van der Waals surface area (Å²) in [5.41, 5.74) is 4.14. The van der Waals surface area contributed by atoms with Crippen molar-refractivity contribution in [3.8, 4) is 0 Å². The van der Waals surface area contributed by atoms with E-state index in [1.165, 1.54) is 10.5 Å². The van der Waals surface area contributed by atoms with Gasteiger partial charge < -0.3 is 10.2 Å². The molecule has 2 N–H and O–H groups in total. The molecule has 134 valence electrons. The number of quaternary nitrogens is 1. The number of benzene rings is 2. The van der Waals surface area contributed by atoms with Crippen molar-refractivity contribution in [3.05, 3.63) is 89.2 Å². The number of hydrogen-bond donors (Lipinski definition) is 2. The lowest BCUT2D eigenvalue weighted by atomic mass is 10.1. The largest absolute Gasteiger partial charge is 0.348 e. The molecule has 2 aromatic carbocycles. The number of rotatable bonds is 7. The molecule has 3 rings (SSSR count). The number of hydrogen-bond acceptors (Lipinski definition) is 2. The van der Waals surface area contributed by atoms with Gasteiger partial charge >= 0.3 is 0 Å². The fourth-order valence-corrected chi connectivity index (χ4v) is 2.90. The van der Waals surface area contributed by atoms with Gasteiger partial charge in [-0.25, -0.2) is 0 Å². The molecule has 3 aromatic rings. The third-order valence-corrected chi connectivity index (χ3v) is 4.18. The van der Waals surface area contributed by atoms with Gasteiger partial charge in [0, 0.05) is 18.3 Å². The first-order valence-corrected chi connectivity index (χ1v) is 8.82. The molecule has 0 unspecified atom stereocenters. The Morgan fingerprint density at radius 3 is 2.46 bits per heavy atom. The molecule has 5 nitrogen and oxygen atoms in total. The Morgan fingerprint density at radius 1 is 1.04 bits per heavy atom. The zero-order chi connectivity index (χ0) is 18.4. The summed E-state index contributed by atoms with van der Waals surface area (Å²) in [6.07, 6.45) is 3.41. The molecular weight excluding hydrogens is 324 g/mol. The van der Waals surface area contributed by atoms with Gasteiger partial charge in [0.2, 0.25) is 0 Å². The van der Waals surface area contributed by atoms with Gasteiger partial charge in [0.05, 0.1) is 32.4 Å². The highest BCUT2D eigenvalue weighted by atomic mass is 16.1. The Morgan fingerprint density at radius 2 is 1.73 bits per heavy atom. The van der Waals surface area contributed by atoms with E-state index in [0.29, 0.717) is 18.7 Å². The van der Waals surface area contributed by atoms with Crippen molar-refractivity contribution in [2.24, 2.45) is 0 Å². The van der Waals surface area contributed by atoms with Gasteiger partial charge in [-0.2, -0.15) is 5.10 Å². The van der Waals surface area contributed by atoms with Crippen LogP contribution in [0.1, 0.15) is 27.0 Å². The number of nitrogens with one attached hydrogen (secondary N) is 2. The SMILES string of the molecule is C[NH+](C)Cc1ccccc1CNC(=O)c1cnn(Cc2ccccc2)c1. The topological polar surface area (TPSA) is 51.4 Å². The molecule has 0 aliphatic rings. The van der Waals surface area contributed by atoms with Crippen LogP contribution in [0.2, 0.25) is 0 Å². The van der Waals surface area contributed by atoms with Gasteiger partial charge in [-0.3, -0.25) is 9.48 Å². The summed E-state index contributed by atoms with van der Waals surface area (Å²) in [5, 5.41) is 7.30. The molecule has 1 heterocycles. The molecule has 1 aromatic heterocycles. The van der Waals surface area contributed by atoms with Crippen LogP contribution in [0.25, 0.3) is 0 Å². The van der Waals surface area contributed by atoms with E-state index in [4.69, 9.17) is 0 Å². The van der Waals surface area contributed by atoms with E-state index in [1.54, 1.807) is 17.1 Å². The quantitative estimate of drug-likeness (QED) is 0.679. The van der Waals surface area contributed by atoms with Crippen LogP contribution in [0.4, 0.5) is 0 Å². The molecule has 0 radical (unpaired) electrons. The average Bonchev–Trinajstić information content (AvgIpc) is 3.10. The molecule has 0 aliphatic carbocycles. The van der Waals surface area contributed by atoms with Crippen molar-refractivity contribution >= 4 is 5.91 Å². The minimum Gasteiger partial charge on any atom is -0.348 e. The third-order valence-electron chi connectivity index (χ3n) is 4.18. The van der Waals surface area contributed by atoms with E-state index in [-0.39, 0.29) is 5.91 Å². The van der Waals surface area contributed by atoms with Crippen molar-refractivity contribution in [2.75, 3.05) is 14.1 Å². The number of carbonyl (C=O) groups is 1. The Hall–Kier alpha value is -2.92. The first kappa shape index (κ1) is 17.9. The normalized spacial score (nSPS) is 10.9. The highest BCUT2D eigenvalue weighted by Crippen LogP contribution is 2.08. The first-order chi connectivity index (χ1) is 12.6. The standard InChI is InChI=1S/C21H24N4O/c1-24(2)15-19-11-7-6-10-18(19)12-22-21(26)20-13-23-25(16-20)14-17-8-4-3-5-9-17/h3-11,13,16H,12,14-15H2,1-2H3,(H,22,26)/p+1. The minimum atomic E-state index is -0.101. The van der Waals surface area contributed by atoms with Crippen molar-refractivity contribution in [1.82, 2.24) is 15.1 Å². The minimum absolute atomic E-state index is 0.101. The Labute approximate surface area is 154 Å². The molecule has 0 bridgehead atoms. The summed E-state index contributed by atoms with van der Waals surface area (Å²) < 4.78 is 1.79. The van der Waals surface area contributed by atoms with Gasteiger partial charge in [0.15, 0.2) is 0 Å². The van der Waals surface area contributed by atoms with E-state index in [2.05, 4.69) is 36.6 Å². The fourth-order valence-electron chi connectivity index (χ4n) is 2.90. The average molecular weight is 349 g/mol. The molecule has 0 saturated heterocycles. The van der Waals surface area contributed by atoms with Crippen molar-refractivity contribution in [2.45, 2.75) is 19.6 Å². The van der Waals surface area contributed by atoms with Gasteiger partial charge in [0.25, 0.3) is 5.91 Å². The van der Waals surface area contributed by atoms with Gasteiger partial charge in [-0.15, -0.1) is 0 Å². The molecule has 0 aliphatic heterocycles. The van der Waals surface area contributed by atoms with E-state index < -0.39 is 0 Å².